The van der Waals surface area contributed by atoms with Crippen LogP contribution >= 0.6 is 0 Å². The normalized spacial score (nSPS) is 10.4. The van der Waals surface area contributed by atoms with Crippen LogP contribution in [0.3, 0.4) is 0 Å². The third kappa shape index (κ3) is 15.7. The molecule has 0 spiro atoms. The fourth-order valence-corrected chi connectivity index (χ4v) is 2.11. The molecule has 0 aromatic heterocycles. The maximum Gasteiger partial charge on any atom is 0.313 e. The first-order valence-electron chi connectivity index (χ1n) is 9.18. The van der Waals surface area contributed by atoms with Gasteiger partial charge in [-0.1, -0.05) is 12.8 Å². The fraction of sp³-hybridized carbons (Fsp3) is 0.778. The van der Waals surface area contributed by atoms with Crippen LogP contribution in [0.2, 0.25) is 0 Å². The topological polar surface area (TPSA) is 127 Å². The van der Waals surface area contributed by atoms with Crippen molar-refractivity contribution in [3.8, 4) is 0 Å². The number of aliphatic hydroxyl groups is 2. The molecule has 150 valence electrons. The third-order valence-corrected chi connectivity index (χ3v) is 3.55. The second-order valence-electron chi connectivity index (χ2n) is 5.97. The molecular formula is C18H30O8. The van der Waals surface area contributed by atoms with Crippen molar-refractivity contribution in [3.63, 3.8) is 0 Å². The molecule has 0 saturated carbocycles. The van der Waals surface area contributed by atoms with Crippen molar-refractivity contribution in [1.82, 2.24) is 0 Å². The lowest BCUT2D eigenvalue weighted by Crippen LogP contribution is -2.13. The van der Waals surface area contributed by atoms with Crippen LogP contribution in [-0.4, -0.2) is 47.3 Å². The predicted octanol–water partition coefficient (Wildman–Crippen LogP) is 1.79. The van der Waals surface area contributed by atoms with Crippen molar-refractivity contribution >= 4 is 23.9 Å². The molecule has 0 heterocycles. The van der Waals surface area contributed by atoms with E-state index in [4.69, 9.17) is 10.2 Å². The Kier molecular flexibility index (Phi) is 15.5. The van der Waals surface area contributed by atoms with Crippen LogP contribution in [-0.2, 0) is 28.7 Å². The maximum atomic E-state index is 11.5. The van der Waals surface area contributed by atoms with Gasteiger partial charge in [-0.05, 0) is 38.5 Å². The van der Waals surface area contributed by atoms with Crippen molar-refractivity contribution < 1.29 is 38.9 Å². The Balaban J connectivity index is 3.64. The van der Waals surface area contributed by atoms with Crippen LogP contribution in [0.25, 0.3) is 0 Å². The molecule has 0 fully saturated rings. The molecule has 0 aliphatic carbocycles. The van der Waals surface area contributed by atoms with Gasteiger partial charge in [0.1, 0.15) is 0 Å². The molecule has 0 amide bonds. The van der Waals surface area contributed by atoms with Gasteiger partial charge in [-0.2, -0.15) is 0 Å². The Morgan fingerprint density at radius 2 is 0.731 bits per heavy atom. The highest BCUT2D eigenvalue weighted by molar-refractivity contribution is 5.86. The lowest BCUT2D eigenvalue weighted by molar-refractivity contribution is -0.162. The van der Waals surface area contributed by atoms with Crippen molar-refractivity contribution in [2.75, 3.05) is 13.2 Å². The number of carbonyl (C=O) groups excluding carboxylic acids is 4. The number of carbonyl (C=O) groups is 4. The highest BCUT2D eigenvalue weighted by atomic mass is 16.6. The van der Waals surface area contributed by atoms with Crippen LogP contribution in [0, 0.1) is 0 Å². The van der Waals surface area contributed by atoms with E-state index in [1.54, 1.807) is 0 Å². The van der Waals surface area contributed by atoms with Gasteiger partial charge in [0.15, 0.2) is 0 Å². The minimum absolute atomic E-state index is 0.0186. The molecule has 0 radical (unpaired) electrons. The zero-order chi connectivity index (χ0) is 19.6. The molecule has 0 atom stereocenters. The average molecular weight is 374 g/mol. The van der Waals surface area contributed by atoms with Gasteiger partial charge in [-0.3, -0.25) is 19.2 Å². The molecule has 8 nitrogen and oxygen atoms in total. The van der Waals surface area contributed by atoms with Gasteiger partial charge in [-0.25, -0.2) is 0 Å². The average Bonchev–Trinajstić information content (AvgIpc) is 2.59. The molecule has 0 saturated heterocycles. The summed E-state index contributed by atoms with van der Waals surface area (Å²) in [6.45, 7) is 0.150. The Hall–Kier alpha value is -1.80. The number of unbranched alkanes of at least 4 members (excludes halogenated alkanes) is 5. The summed E-state index contributed by atoms with van der Waals surface area (Å²) in [7, 11) is 0. The number of ether oxygens (including phenoxy) is 2. The zero-order valence-electron chi connectivity index (χ0n) is 15.2. The monoisotopic (exact) mass is 374 g/mol. The Morgan fingerprint density at radius 1 is 0.462 bits per heavy atom. The van der Waals surface area contributed by atoms with Gasteiger partial charge >= 0.3 is 23.9 Å². The summed E-state index contributed by atoms with van der Waals surface area (Å²) in [6.07, 6.45) is 4.77. The molecule has 0 rings (SSSR count). The van der Waals surface area contributed by atoms with Gasteiger partial charge in [0.2, 0.25) is 0 Å². The molecular weight excluding hydrogens is 344 g/mol. The number of hydrogen-bond donors (Lipinski definition) is 2. The molecule has 0 bridgehead atoms. The van der Waals surface area contributed by atoms with Crippen LogP contribution in [0.1, 0.15) is 77.0 Å². The summed E-state index contributed by atoms with van der Waals surface area (Å²) in [5.41, 5.74) is 0. The highest BCUT2D eigenvalue weighted by Gasteiger charge is 2.12. The van der Waals surface area contributed by atoms with E-state index in [-0.39, 0.29) is 38.9 Å². The highest BCUT2D eigenvalue weighted by Crippen LogP contribution is 2.07. The molecule has 0 aliphatic heterocycles. The lowest BCUT2D eigenvalue weighted by atomic mass is 10.2. The van der Waals surface area contributed by atoms with E-state index < -0.39 is 23.9 Å². The van der Waals surface area contributed by atoms with Crippen LogP contribution < -0.4 is 0 Å². The smallest absolute Gasteiger partial charge is 0.313 e. The summed E-state index contributed by atoms with van der Waals surface area (Å²) in [6, 6.07) is 0. The minimum Gasteiger partial charge on any atom is -0.396 e. The standard InChI is InChI=1S/C18H30O8/c19-13-7-1-3-9-15(21)25-17(23)11-5-6-12-18(24)26-16(22)10-4-2-8-14-20/h19-20H,1-14H2. The molecule has 0 unspecified atom stereocenters. The first-order chi connectivity index (χ1) is 12.5. The quantitative estimate of drug-likeness (QED) is 0.252. The minimum atomic E-state index is -0.634. The number of rotatable bonds is 15. The lowest BCUT2D eigenvalue weighted by Gasteiger charge is -2.04. The van der Waals surface area contributed by atoms with Crippen molar-refractivity contribution in [3.05, 3.63) is 0 Å². The van der Waals surface area contributed by atoms with E-state index in [9.17, 15) is 19.2 Å². The predicted molar refractivity (Wildman–Crippen MR) is 91.8 cm³/mol. The summed E-state index contributed by atoms with van der Waals surface area (Å²) in [5, 5.41) is 17.2. The van der Waals surface area contributed by atoms with Crippen molar-refractivity contribution in [2.24, 2.45) is 0 Å². The largest absolute Gasteiger partial charge is 0.396 e. The van der Waals surface area contributed by atoms with Gasteiger partial charge in [-0.15, -0.1) is 0 Å². The van der Waals surface area contributed by atoms with Crippen molar-refractivity contribution in [2.45, 2.75) is 77.0 Å². The molecule has 0 aliphatic rings. The summed E-state index contributed by atoms with van der Waals surface area (Å²) in [4.78, 5) is 45.7. The Labute approximate surface area is 153 Å². The van der Waals surface area contributed by atoms with Gasteiger partial charge < -0.3 is 19.7 Å². The van der Waals surface area contributed by atoms with Gasteiger partial charge in [0, 0.05) is 38.9 Å². The first-order valence-corrected chi connectivity index (χ1v) is 9.18. The second-order valence-corrected chi connectivity index (χ2v) is 5.97. The van der Waals surface area contributed by atoms with E-state index >= 15 is 0 Å². The van der Waals surface area contributed by atoms with E-state index in [0.29, 0.717) is 51.4 Å². The molecule has 8 heteroatoms. The van der Waals surface area contributed by atoms with E-state index in [0.717, 1.165) is 0 Å². The SMILES string of the molecule is O=C(CCCCCO)OC(=O)CCCCC(=O)OC(=O)CCCCCO. The van der Waals surface area contributed by atoms with Crippen molar-refractivity contribution in [1.29, 1.82) is 0 Å². The van der Waals surface area contributed by atoms with Gasteiger partial charge in [0.05, 0.1) is 0 Å². The van der Waals surface area contributed by atoms with Crippen LogP contribution in [0.5, 0.6) is 0 Å². The van der Waals surface area contributed by atoms with E-state index in [1.807, 2.05) is 0 Å². The van der Waals surface area contributed by atoms with E-state index in [2.05, 4.69) is 9.47 Å². The Bertz CT molecular complexity index is 393. The third-order valence-electron chi connectivity index (χ3n) is 3.55. The van der Waals surface area contributed by atoms with E-state index in [1.165, 1.54) is 0 Å². The maximum absolute atomic E-state index is 11.5. The molecule has 0 aromatic carbocycles. The molecule has 2 N–H and O–H groups in total. The van der Waals surface area contributed by atoms with Gasteiger partial charge in [0.25, 0.3) is 0 Å². The fourth-order valence-electron chi connectivity index (χ4n) is 2.11. The molecule has 26 heavy (non-hydrogen) atoms. The number of aliphatic hydroxyl groups excluding tert-OH is 2. The zero-order valence-corrected chi connectivity index (χ0v) is 15.2. The number of esters is 4. The summed E-state index contributed by atoms with van der Waals surface area (Å²) in [5.74, 6) is -2.44. The van der Waals surface area contributed by atoms with Crippen LogP contribution in [0.15, 0.2) is 0 Å². The van der Waals surface area contributed by atoms with Crippen LogP contribution in [0.4, 0.5) is 0 Å². The second kappa shape index (κ2) is 16.7. The number of hydrogen-bond acceptors (Lipinski definition) is 8. The molecule has 0 aromatic rings. The summed E-state index contributed by atoms with van der Waals surface area (Å²) < 4.78 is 9.28. The first kappa shape index (κ1) is 24.2. The Morgan fingerprint density at radius 3 is 1.00 bits per heavy atom. The summed E-state index contributed by atoms with van der Waals surface area (Å²) >= 11 is 0.